The van der Waals surface area contributed by atoms with E-state index in [-0.39, 0.29) is 23.5 Å². The van der Waals surface area contributed by atoms with Crippen LogP contribution in [0.3, 0.4) is 0 Å². The van der Waals surface area contributed by atoms with Crippen LogP contribution in [-0.4, -0.2) is 9.97 Å². The van der Waals surface area contributed by atoms with E-state index in [2.05, 4.69) is 9.97 Å². The van der Waals surface area contributed by atoms with Crippen LogP contribution in [0.5, 0.6) is 5.75 Å². The van der Waals surface area contributed by atoms with Crippen molar-refractivity contribution in [2.75, 3.05) is 0 Å². The van der Waals surface area contributed by atoms with Crippen molar-refractivity contribution in [1.82, 2.24) is 9.97 Å². The Labute approximate surface area is 122 Å². The van der Waals surface area contributed by atoms with Gasteiger partial charge in [-0.2, -0.15) is 5.26 Å². The summed E-state index contributed by atoms with van der Waals surface area (Å²) in [5.41, 5.74) is 0.335. The lowest BCUT2D eigenvalue weighted by atomic mass is 10.2. The minimum absolute atomic E-state index is 0.00632. The lowest BCUT2D eigenvalue weighted by molar-refractivity contribution is 0.294. The number of aromatic nitrogens is 2. The van der Waals surface area contributed by atoms with Gasteiger partial charge in [0.05, 0.1) is 11.1 Å². The molecule has 0 spiro atoms. The van der Waals surface area contributed by atoms with E-state index in [1.54, 1.807) is 17.5 Å². The molecule has 0 saturated heterocycles. The summed E-state index contributed by atoms with van der Waals surface area (Å²) >= 11 is 1.32. The van der Waals surface area contributed by atoms with E-state index in [0.29, 0.717) is 16.0 Å². The van der Waals surface area contributed by atoms with Crippen molar-refractivity contribution in [1.29, 1.82) is 5.26 Å². The third-order valence-electron chi connectivity index (χ3n) is 2.80. The minimum Gasteiger partial charge on any atom is -0.486 e. The maximum atomic E-state index is 13.4. The zero-order valence-electron chi connectivity index (χ0n) is 10.6. The van der Waals surface area contributed by atoms with Gasteiger partial charge in [-0.3, -0.25) is 4.79 Å². The van der Waals surface area contributed by atoms with E-state index >= 15 is 0 Å². The lowest BCUT2D eigenvalue weighted by Crippen LogP contribution is -2.12. The highest BCUT2D eigenvalue weighted by Crippen LogP contribution is 2.18. The molecule has 1 N–H and O–H groups in total. The Bertz CT molecular complexity index is 910. The molecule has 0 unspecified atom stereocenters. The van der Waals surface area contributed by atoms with Crippen LogP contribution >= 0.6 is 11.3 Å². The molecule has 2 heterocycles. The van der Waals surface area contributed by atoms with Gasteiger partial charge in [0.1, 0.15) is 34.8 Å². The number of hydrogen-bond donors (Lipinski definition) is 1. The van der Waals surface area contributed by atoms with Crippen LogP contribution in [0.25, 0.3) is 10.2 Å². The summed E-state index contributed by atoms with van der Waals surface area (Å²) in [4.78, 5) is 18.6. The molecule has 0 aliphatic heterocycles. The number of aromatic amines is 1. The molecule has 2 aromatic heterocycles. The Morgan fingerprint density at radius 3 is 3.05 bits per heavy atom. The monoisotopic (exact) mass is 301 g/mol. The predicted molar refractivity (Wildman–Crippen MR) is 75.7 cm³/mol. The SMILES string of the molecule is N#Cc1ccc(OCc2nc3ccsc3c(=O)[nH]2)cc1F. The predicted octanol–water partition coefficient (Wildman–Crippen LogP) is 2.57. The molecule has 0 saturated carbocycles. The van der Waals surface area contributed by atoms with Crippen molar-refractivity contribution < 1.29 is 9.13 Å². The van der Waals surface area contributed by atoms with Crippen LogP contribution < -0.4 is 10.3 Å². The van der Waals surface area contributed by atoms with E-state index in [4.69, 9.17) is 10.00 Å². The number of rotatable bonds is 3. The van der Waals surface area contributed by atoms with E-state index in [9.17, 15) is 9.18 Å². The highest BCUT2D eigenvalue weighted by atomic mass is 32.1. The molecule has 104 valence electrons. The van der Waals surface area contributed by atoms with E-state index in [0.717, 1.165) is 6.07 Å². The second-order valence-corrected chi connectivity index (χ2v) is 5.11. The number of fused-ring (bicyclic) bond motifs is 1. The fraction of sp³-hybridized carbons (Fsp3) is 0.0714. The number of benzene rings is 1. The Kier molecular flexibility index (Phi) is 3.38. The van der Waals surface area contributed by atoms with Crippen molar-refractivity contribution in [3.63, 3.8) is 0 Å². The molecule has 1 aromatic carbocycles. The standard InChI is InChI=1S/C14H8FN3O2S/c15-10-5-9(2-1-8(10)6-16)20-7-12-17-11-3-4-21-13(11)14(19)18-12/h1-5H,7H2,(H,17,18,19). The lowest BCUT2D eigenvalue weighted by Gasteiger charge is -2.06. The molecule has 0 aliphatic rings. The third kappa shape index (κ3) is 2.61. The Balaban J connectivity index is 1.82. The van der Waals surface area contributed by atoms with Crippen LogP contribution in [0.4, 0.5) is 4.39 Å². The van der Waals surface area contributed by atoms with Gasteiger partial charge in [0.2, 0.25) is 0 Å². The van der Waals surface area contributed by atoms with E-state index in [1.807, 2.05) is 0 Å². The summed E-state index contributed by atoms with van der Waals surface area (Å²) in [5, 5.41) is 10.4. The molecule has 0 fully saturated rings. The first-order valence-corrected chi connectivity index (χ1v) is 6.84. The largest absolute Gasteiger partial charge is 0.486 e. The topological polar surface area (TPSA) is 78.8 Å². The molecule has 0 amide bonds. The second kappa shape index (κ2) is 5.34. The van der Waals surface area contributed by atoms with Gasteiger partial charge in [-0.25, -0.2) is 9.37 Å². The van der Waals surface area contributed by atoms with Gasteiger partial charge in [-0.15, -0.1) is 11.3 Å². The smallest absolute Gasteiger partial charge is 0.268 e. The fourth-order valence-electron chi connectivity index (χ4n) is 1.82. The molecular formula is C14H8FN3O2S. The average Bonchev–Trinajstić information content (AvgIpc) is 2.94. The highest BCUT2D eigenvalue weighted by Gasteiger charge is 2.07. The van der Waals surface area contributed by atoms with E-state index in [1.165, 1.54) is 23.5 Å². The Morgan fingerprint density at radius 2 is 2.29 bits per heavy atom. The summed E-state index contributed by atoms with van der Waals surface area (Å²) in [6.07, 6.45) is 0. The number of nitrogens with zero attached hydrogens (tertiary/aromatic N) is 2. The van der Waals surface area contributed by atoms with Crippen LogP contribution in [0.1, 0.15) is 11.4 Å². The number of nitrogens with one attached hydrogen (secondary N) is 1. The molecule has 21 heavy (non-hydrogen) atoms. The Hall–Kier alpha value is -2.72. The molecule has 0 aliphatic carbocycles. The number of nitriles is 1. The van der Waals surface area contributed by atoms with Crippen LogP contribution in [0, 0.1) is 17.1 Å². The van der Waals surface area contributed by atoms with E-state index < -0.39 is 5.82 Å². The molecule has 5 nitrogen and oxygen atoms in total. The maximum absolute atomic E-state index is 13.4. The molecule has 3 aromatic rings. The van der Waals surface area contributed by atoms with Gasteiger partial charge >= 0.3 is 0 Å². The number of halogens is 1. The summed E-state index contributed by atoms with van der Waals surface area (Å²) in [6, 6.07) is 7.43. The van der Waals surface area contributed by atoms with Crippen molar-refractivity contribution in [2.45, 2.75) is 6.61 Å². The van der Waals surface area contributed by atoms with Crippen molar-refractivity contribution in [3.8, 4) is 11.8 Å². The van der Waals surface area contributed by atoms with Gasteiger partial charge in [0.15, 0.2) is 0 Å². The highest BCUT2D eigenvalue weighted by molar-refractivity contribution is 7.17. The summed E-state index contributed by atoms with van der Waals surface area (Å²) in [5.74, 6) is -0.0278. The first-order chi connectivity index (χ1) is 10.2. The van der Waals surface area contributed by atoms with Crippen LogP contribution in [0.15, 0.2) is 34.4 Å². The van der Waals surface area contributed by atoms with Crippen molar-refractivity contribution >= 4 is 21.6 Å². The van der Waals surface area contributed by atoms with Crippen molar-refractivity contribution in [3.05, 3.63) is 57.2 Å². The number of ether oxygens (including phenoxy) is 1. The molecule has 7 heteroatoms. The quantitative estimate of drug-likeness (QED) is 0.806. The third-order valence-corrected chi connectivity index (χ3v) is 3.70. The fourth-order valence-corrected chi connectivity index (χ4v) is 2.54. The van der Waals surface area contributed by atoms with Gasteiger partial charge in [-0.05, 0) is 23.6 Å². The number of H-pyrrole nitrogens is 1. The van der Waals surface area contributed by atoms with Crippen LogP contribution in [0.2, 0.25) is 0 Å². The maximum Gasteiger partial charge on any atom is 0.268 e. The molecule has 0 bridgehead atoms. The Morgan fingerprint density at radius 1 is 1.43 bits per heavy atom. The second-order valence-electron chi connectivity index (χ2n) is 4.19. The van der Waals surface area contributed by atoms with Crippen LogP contribution in [-0.2, 0) is 6.61 Å². The van der Waals surface area contributed by atoms with Gasteiger partial charge < -0.3 is 9.72 Å². The molecule has 0 atom stereocenters. The zero-order valence-corrected chi connectivity index (χ0v) is 11.4. The number of thiophene rings is 1. The summed E-state index contributed by atoms with van der Waals surface area (Å²) in [6.45, 7) is 0.00632. The first kappa shape index (κ1) is 13.3. The normalized spacial score (nSPS) is 10.5. The van der Waals surface area contributed by atoms with Crippen molar-refractivity contribution in [2.24, 2.45) is 0 Å². The molecule has 3 rings (SSSR count). The number of hydrogen-bond acceptors (Lipinski definition) is 5. The molecular weight excluding hydrogens is 293 g/mol. The minimum atomic E-state index is -0.648. The van der Waals surface area contributed by atoms with Gasteiger partial charge in [0.25, 0.3) is 5.56 Å². The van der Waals surface area contributed by atoms with Gasteiger partial charge in [-0.1, -0.05) is 0 Å². The zero-order chi connectivity index (χ0) is 14.8. The van der Waals surface area contributed by atoms with Gasteiger partial charge in [0, 0.05) is 6.07 Å². The average molecular weight is 301 g/mol. The summed E-state index contributed by atoms with van der Waals surface area (Å²) in [7, 11) is 0. The molecule has 0 radical (unpaired) electrons. The summed E-state index contributed by atoms with van der Waals surface area (Å²) < 4.78 is 19.4. The first-order valence-electron chi connectivity index (χ1n) is 5.96.